The van der Waals surface area contributed by atoms with Crippen molar-refractivity contribution < 1.29 is 23.1 Å². The number of sulfone groups is 1. The summed E-state index contributed by atoms with van der Waals surface area (Å²) in [5, 5.41) is 13.4. The second-order valence-electron chi connectivity index (χ2n) is 4.63. The highest BCUT2D eigenvalue weighted by molar-refractivity contribution is 7.90. The van der Waals surface area contributed by atoms with Crippen LogP contribution in [0.25, 0.3) is 0 Å². The molecule has 1 aromatic heterocycles. The van der Waals surface area contributed by atoms with Gasteiger partial charge in [0.15, 0.2) is 9.84 Å². The zero-order valence-corrected chi connectivity index (χ0v) is 13.2. The minimum absolute atomic E-state index is 0.141. The van der Waals surface area contributed by atoms with Gasteiger partial charge in [-0.3, -0.25) is 4.79 Å². The van der Waals surface area contributed by atoms with Crippen LogP contribution in [-0.4, -0.2) is 31.7 Å². The summed E-state index contributed by atoms with van der Waals surface area (Å²) in [5.41, 5.74) is -0.0590. The van der Waals surface area contributed by atoms with E-state index in [1.165, 1.54) is 23.5 Å². The highest BCUT2D eigenvalue weighted by atomic mass is 32.2. The summed E-state index contributed by atoms with van der Waals surface area (Å²) in [6.45, 7) is 0. The van der Waals surface area contributed by atoms with Crippen molar-refractivity contribution in [1.29, 1.82) is 0 Å². The lowest BCUT2D eigenvalue weighted by molar-refractivity contribution is -0.115. The number of carboxylic acids is 1. The molecule has 0 spiro atoms. The fourth-order valence-corrected chi connectivity index (χ4v) is 3.17. The van der Waals surface area contributed by atoms with Crippen LogP contribution in [0.15, 0.2) is 40.6 Å². The first-order valence-corrected chi connectivity index (χ1v) is 8.93. The third kappa shape index (κ3) is 4.15. The van der Waals surface area contributed by atoms with Gasteiger partial charge in [-0.2, -0.15) is 0 Å². The van der Waals surface area contributed by atoms with Crippen molar-refractivity contribution in [3.63, 3.8) is 0 Å². The third-order valence-electron chi connectivity index (χ3n) is 2.78. The van der Waals surface area contributed by atoms with Crippen molar-refractivity contribution in [2.45, 2.75) is 11.3 Å². The van der Waals surface area contributed by atoms with E-state index < -0.39 is 15.8 Å². The van der Waals surface area contributed by atoms with Gasteiger partial charge in [0, 0.05) is 16.8 Å². The standard InChI is InChI=1S/C14H13NO5S2/c1-22(19,20)12-6-9(14(17)18)5-10(7-12)15-13(16)8-11-3-2-4-21-11/h2-7H,8H2,1H3,(H,15,16)(H,17,18). The summed E-state index contributed by atoms with van der Waals surface area (Å²) in [6, 6.07) is 7.16. The molecule has 116 valence electrons. The highest BCUT2D eigenvalue weighted by Gasteiger charge is 2.15. The predicted molar refractivity (Wildman–Crippen MR) is 83.2 cm³/mol. The zero-order chi connectivity index (χ0) is 16.3. The molecule has 2 aromatic rings. The fraction of sp³-hybridized carbons (Fsp3) is 0.143. The molecule has 8 heteroatoms. The van der Waals surface area contributed by atoms with Crippen molar-refractivity contribution >= 4 is 38.7 Å². The molecule has 1 heterocycles. The van der Waals surface area contributed by atoms with Crippen molar-refractivity contribution in [1.82, 2.24) is 0 Å². The van der Waals surface area contributed by atoms with Crippen molar-refractivity contribution in [3.05, 3.63) is 46.2 Å². The van der Waals surface area contributed by atoms with Crippen LogP contribution < -0.4 is 5.32 Å². The van der Waals surface area contributed by atoms with E-state index in [1.807, 2.05) is 11.4 Å². The van der Waals surface area contributed by atoms with Gasteiger partial charge in [-0.25, -0.2) is 13.2 Å². The Hall–Kier alpha value is -2.19. The number of aromatic carboxylic acids is 1. The van der Waals surface area contributed by atoms with Crippen LogP contribution >= 0.6 is 11.3 Å². The minimum Gasteiger partial charge on any atom is -0.478 e. The topological polar surface area (TPSA) is 101 Å². The number of nitrogens with one attached hydrogen (secondary N) is 1. The number of carbonyl (C=O) groups is 2. The van der Waals surface area contributed by atoms with Crippen LogP contribution in [-0.2, 0) is 21.1 Å². The summed E-state index contributed by atoms with van der Waals surface area (Å²) in [6.07, 6.45) is 1.12. The van der Waals surface area contributed by atoms with Crippen LogP contribution in [0.2, 0.25) is 0 Å². The number of rotatable bonds is 5. The summed E-state index contributed by atoms with van der Waals surface area (Å²) >= 11 is 1.43. The van der Waals surface area contributed by atoms with Crippen LogP contribution in [0, 0.1) is 0 Å². The largest absolute Gasteiger partial charge is 0.478 e. The average Bonchev–Trinajstić information content (AvgIpc) is 2.89. The van der Waals surface area contributed by atoms with E-state index in [9.17, 15) is 18.0 Å². The zero-order valence-electron chi connectivity index (χ0n) is 11.6. The number of benzene rings is 1. The summed E-state index contributed by atoms with van der Waals surface area (Å²) in [4.78, 5) is 23.7. The van der Waals surface area contributed by atoms with Crippen molar-refractivity contribution in [2.24, 2.45) is 0 Å². The maximum absolute atomic E-state index is 11.9. The molecule has 0 aliphatic heterocycles. The first kappa shape index (κ1) is 16.2. The van der Waals surface area contributed by atoms with Gasteiger partial charge in [-0.1, -0.05) is 6.07 Å². The normalized spacial score (nSPS) is 11.1. The van der Waals surface area contributed by atoms with Crippen LogP contribution in [0.1, 0.15) is 15.2 Å². The first-order valence-electron chi connectivity index (χ1n) is 6.16. The lowest BCUT2D eigenvalue weighted by Crippen LogP contribution is -2.15. The third-order valence-corrected chi connectivity index (χ3v) is 4.75. The molecular weight excluding hydrogens is 326 g/mol. The Kier molecular flexibility index (Phi) is 4.62. The molecule has 0 saturated carbocycles. The second-order valence-corrected chi connectivity index (χ2v) is 7.68. The molecule has 1 amide bonds. The molecule has 0 bridgehead atoms. The lowest BCUT2D eigenvalue weighted by atomic mass is 10.2. The molecule has 0 saturated heterocycles. The molecule has 2 N–H and O–H groups in total. The van der Waals surface area contributed by atoms with Crippen molar-refractivity contribution in [2.75, 3.05) is 11.6 Å². The molecular formula is C14H13NO5S2. The lowest BCUT2D eigenvalue weighted by Gasteiger charge is -2.08. The predicted octanol–water partition coefficient (Wildman–Crippen LogP) is 2.03. The molecule has 2 rings (SSSR count). The van der Waals surface area contributed by atoms with E-state index >= 15 is 0 Å². The van der Waals surface area contributed by atoms with E-state index in [2.05, 4.69) is 5.32 Å². The molecule has 1 aromatic carbocycles. The molecule has 0 aliphatic rings. The van der Waals surface area contributed by atoms with Gasteiger partial charge < -0.3 is 10.4 Å². The van der Waals surface area contributed by atoms with Gasteiger partial charge in [0.25, 0.3) is 0 Å². The molecule has 22 heavy (non-hydrogen) atoms. The van der Waals surface area contributed by atoms with Crippen LogP contribution in [0.3, 0.4) is 0 Å². The monoisotopic (exact) mass is 339 g/mol. The second kappa shape index (κ2) is 6.29. The Morgan fingerprint density at radius 1 is 1.27 bits per heavy atom. The van der Waals surface area contributed by atoms with Crippen LogP contribution in [0.5, 0.6) is 0 Å². The quantitative estimate of drug-likeness (QED) is 0.868. The Morgan fingerprint density at radius 2 is 2.00 bits per heavy atom. The van der Waals surface area contributed by atoms with E-state index in [0.29, 0.717) is 0 Å². The van der Waals surface area contributed by atoms with Crippen LogP contribution in [0.4, 0.5) is 5.69 Å². The average molecular weight is 339 g/mol. The van der Waals surface area contributed by atoms with E-state index in [-0.39, 0.29) is 28.5 Å². The molecule has 0 atom stereocenters. The Labute approximate surface area is 131 Å². The van der Waals surface area contributed by atoms with Gasteiger partial charge in [-0.15, -0.1) is 11.3 Å². The molecule has 0 unspecified atom stereocenters. The van der Waals surface area contributed by atoms with Crippen molar-refractivity contribution in [3.8, 4) is 0 Å². The SMILES string of the molecule is CS(=O)(=O)c1cc(NC(=O)Cc2cccs2)cc(C(=O)O)c1. The Balaban J connectivity index is 2.28. The number of amides is 1. The summed E-state index contributed by atoms with van der Waals surface area (Å²) < 4.78 is 23.2. The highest BCUT2D eigenvalue weighted by Crippen LogP contribution is 2.20. The number of carboxylic acid groups (broad SMARTS) is 1. The maximum Gasteiger partial charge on any atom is 0.335 e. The number of carbonyl (C=O) groups excluding carboxylic acids is 1. The molecule has 0 aliphatic carbocycles. The molecule has 6 nitrogen and oxygen atoms in total. The number of anilines is 1. The molecule has 0 fully saturated rings. The van der Waals surface area contributed by atoms with E-state index in [1.54, 1.807) is 6.07 Å². The number of hydrogen-bond donors (Lipinski definition) is 2. The van der Waals surface area contributed by atoms with Gasteiger partial charge in [0.05, 0.1) is 16.9 Å². The van der Waals surface area contributed by atoms with Gasteiger partial charge in [0.1, 0.15) is 0 Å². The Morgan fingerprint density at radius 3 is 2.55 bits per heavy atom. The number of hydrogen-bond acceptors (Lipinski definition) is 5. The minimum atomic E-state index is -3.58. The number of thiophene rings is 1. The van der Waals surface area contributed by atoms with Gasteiger partial charge in [-0.05, 0) is 29.6 Å². The first-order chi connectivity index (χ1) is 10.3. The fourth-order valence-electron chi connectivity index (χ4n) is 1.79. The summed E-state index contributed by atoms with van der Waals surface area (Å²) in [7, 11) is -3.58. The van der Waals surface area contributed by atoms with E-state index in [0.717, 1.165) is 17.2 Å². The molecule has 0 radical (unpaired) electrons. The maximum atomic E-state index is 11.9. The van der Waals surface area contributed by atoms with Gasteiger partial charge in [0.2, 0.25) is 5.91 Å². The van der Waals surface area contributed by atoms with Gasteiger partial charge >= 0.3 is 5.97 Å². The summed E-state index contributed by atoms with van der Waals surface area (Å²) in [5.74, 6) is -1.61. The Bertz CT molecular complexity index is 810. The smallest absolute Gasteiger partial charge is 0.335 e. The van der Waals surface area contributed by atoms with E-state index in [4.69, 9.17) is 5.11 Å².